The molecule has 0 bridgehead atoms. The van der Waals surface area contributed by atoms with Crippen LogP contribution >= 0.6 is 0 Å². The van der Waals surface area contributed by atoms with Gasteiger partial charge in [0.05, 0.1) is 0 Å². The number of nitrogens with zero attached hydrogens (tertiary/aromatic N) is 7. The zero-order valence-corrected chi connectivity index (χ0v) is 26.6. The molecule has 8 aromatic carbocycles. The first-order chi connectivity index (χ1) is 24.7. The van der Waals surface area contributed by atoms with E-state index in [4.69, 9.17) is 15.0 Å². The Labute approximate surface area is 286 Å². The first kappa shape index (κ1) is 28.1. The summed E-state index contributed by atoms with van der Waals surface area (Å²) in [6.07, 6.45) is 0. The Morgan fingerprint density at radius 1 is 0.260 bits per heavy atom. The highest BCUT2D eigenvalue weighted by atomic mass is 15.4. The monoisotopic (exact) mass is 639 g/mol. The average Bonchev–Trinajstić information content (AvgIpc) is 3.18. The number of hydrogen-bond acceptors (Lipinski definition) is 7. The number of hydrogen-bond donors (Lipinski definition) is 0. The third-order valence-corrected chi connectivity index (χ3v) is 9.36. The summed E-state index contributed by atoms with van der Waals surface area (Å²) in [4.78, 5) is 15.2. The predicted molar refractivity (Wildman–Crippen MR) is 200 cm³/mol. The molecule has 0 aliphatic rings. The third kappa shape index (κ3) is 4.96. The lowest BCUT2D eigenvalue weighted by atomic mass is 10.0. The van der Waals surface area contributed by atoms with Crippen LogP contribution in [-0.2, 0) is 0 Å². The number of benzene rings is 8. The molecule has 7 heteroatoms. The van der Waals surface area contributed by atoms with Gasteiger partial charge >= 0.3 is 0 Å². The van der Waals surface area contributed by atoms with Gasteiger partial charge in [-0.05, 0) is 113 Å². The fraction of sp³-hybridized carbons (Fsp3) is 0. The van der Waals surface area contributed by atoms with Crippen molar-refractivity contribution in [3.8, 4) is 45.3 Å². The van der Waals surface area contributed by atoms with Gasteiger partial charge in [-0.1, -0.05) is 103 Å². The molecule has 0 aliphatic heterocycles. The van der Waals surface area contributed by atoms with Gasteiger partial charge < -0.3 is 0 Å². The second-order valence-electron chi connectivity index (χ2n) is 12.5. The molecule has 7 nitrogen and oxygen atoms in total. The largest absolute Gasteiger partial charge is 0.208 e. The first-order valence-electron chi connectivity index (χ1n) is 16.4. The molecule has 0 spiro atoms. The molecule has 0 unspecified atom stereocenters. The number of fused-ring (bicyclic) bond motifs is 5. The fourth-order valence-electron chi connectivity index (χ4n) is 6.74. The first-order valence-corrected chi connectivity index (χ1v) is 16.4. The molecular formula is C43H25N7. The van der Waals surface area contributed by atoms with E-state index in [1.54, 1.807) is 0 Å². The Balaban J connectivity index is 1.11. The minimum absolute atomic E-state index is 0.605. The van der Waals surface area contributed by atoms with E-state index in [1.807, 2.05) is 18.2 Å². The van der Waals surface area contributed by atoms with Crippen LogP contribution in [0.3, 0.4) is 0 Å². The molecule has 0 aliphatic carbocycles. The van der Waals surface area contributed by atoms with Crippen molar-refractivity contribution in [3.05, 3.63) is 152 Å². The van der Waals surface area contributed by atoms with E-state index in [0.717, 1.165) is 38.6 Å². The van der Waals surface area contributed by atoms with Crippen molar-refractivity contribution < 1.29 is 0 Å². The minimum atomic E-state index is 0.605. The van der Waals surface area contributed by atoms with Crippen LogP contribution < -0.4 is 0 Å². The molecule has 2 aromatic heterocycles. The van der Waals surface area contributed by atoms with Crippen LogP contribution in [0, 0.1) is 0 Å². The molecule has 0 atom stereocenters. The summed E-state index contributed by atoms with van der Waals surface area (Å²) < 4.78 is 0. The molecule has 232 valence electrons. The van der Waals surface area contributed by atoms with Crippen molar-refractivity contribution in [1.82, 2.24) is 35.6 Å². The van der Waals surface area contributed by atoms with Gasteiger partial charge in [-0.15, -0.1) is 10.2 Å². The van der Waals surface area contributed by atoms with Gasteiger partial charge in [-0.2, -0.15) is 0 Å². The van der Waals surface area contributed by atoms with E-state index in [2.05, 4.69) is 154 Å². The van der Waals surface area contributed by atoms with Crippen LogP contribution in [0.15, 0.2) is 152 Å². The normalized spacial score (nSPS) is 11.6. The summed E-state index contributed by atoms with van der Waals surface area (Å²) >= 11 is 0. The SMILES string of the molecule is c1ccc2cc3cc(-c4nc(-c5ccc(-c6ccc7nnnnc7c6)cc5)nc(-c5ccc6cc7ccccc7cc6c5)n4)ccc3cc2c1. The van der Waals surface area contributed by atoms with Gasteiger partial charge in [0, 0.05) is 16.7 Å². The molecule has 0 N–H and O–H groups in total. The lowest BCUT2D eigenvalue weighted by Crippen LogP contribution is -2.00. The second kappa shape index (κ2) is 11.3. The van der Waals surface area contributed by atoms with E-state index < -0.39 is 0 Å². The van der Waals surface area contributed by atoms with Crippen LogP contribution in [-0.4, -0.2) is 35.6 Å². The van der Waals surface area contributed by atoms with Crippen LogP contribution in [0.2, 0.25) is 0 Å². The summed E-state index contributed by atoms with van der Waals surface area (Å²) in [6.45, 7) is 0. The third-order valence-electron chi connectivity index (χ3n) is 9.36. The van der Waals surface area contributed by atoms with Crippen LogP contribution in [0.4, 0.5) is 0 Å². The highest BCUT2D eigenvalue weighted by Crippen LogP contribution is 2.32. The standard InChI is InChI=1S/C43H25N7/c1-3-7-30-21-37-23-35(15-13-32(37)19-28(30)5-1)42-44-41(27-11-9-26(10-12-27)34-17-18-39-40(25-34)48-50-49-47-39)45-43(46-42)36-16-14-33-20-29-6-2-4-8-31(29)22-38(33)24-36/h1-25H. The minimum Gasteiger partial charge on any atom is -0.208 e. The van der Waals surface area contributed by atoms with Gasteiger partial charge in [0.15, 0.2) is 17.5 Å². The van der Waals surface area contributed by atoms with Crippen molar-refractivity contribution in [3.63, 3.8) is 0 Å². The Kier molecular flexibility index (Phi) is 6.35. The quantitative estimate of drug-likeness (QED) is 0.177. The lowest BCUT2D eigenvalue weighted by molar-refractivity contribution is 0.797. The van der Waals surface area contributed by atoms with Crippen molar-refractivity contribution in [2.75, 3.05) is 0 Å². The van der Waals surface area contributed by atoms with Gasteiger partial charge in [0.25, 0.3) is 0 Å². The maximum atomic E-state index is 5.09. The molecule has 0 saturated carbocycles. The van der Waals surface area contributed by atoms with Crippen LogP contribution in [0.25, 0.3) is 99.4 Å². The van der Waals surface area contributed by atoms with E-state index in [1.165, 1.54) is 32.3 Å². The molecule has 0 fully saturated rings. The van der Waals surface area contributed by atoms with Crippen molar-refractivity contribution in [2.24, 2.45) is 0 Å². The maximum absolute atomic E-state index is 5.09. The van der Waals surface area contributed by atoms with E-state index in [0.29, 0.717) is 28.5 Å². The predicted octanol–water partition coefficient (Wildman–Crippen LogP) is 9.89. The Hall–Kier alpha value is -6.99. The van der Waals surface area contributed by atoms with E-state index in [-0.39, 0.29) is 0 Å². The summed E-state index contributed by atoms with van der Waals surface area (Å²) in [6, 6.07) is 52.8. The topological polar surface area (TPSA) is 90.2 Å². The molecule has 50 heavy (non-hydrogen) atoms. The molecular weight excluding hydrogens is 615 g/mol. The molecule has 0 saturated heterocycles. The molecule has 10 aromatic rings. The summed E-state index contributed by atoms with van der Waals surface area (Å²) in [5.74, 6) is 1.85. The maximum Gasteiger partial charge on any atom is 0.164 e. The summed E-state index contributed by atoms with van der Waals surface area (Å²) in [5.41, 5.74) is 6.20. The smallest absolute Gasteiger partial charge is 0.164 e. The van der Waals surface area contributed by atoms with Crippen molar-refractivity contribution in [1.29, 1.82) is 0 Å². The van der Waals surface area contributed by atoms with Gasteiger partial charge in [-0.25, -0.2) is 15.0 Å². The second-order valence-corrected chi connectivity index (χ2v) is 12.5. The van der Waals surface area contributed by atoms with E-state index >= 15 is 0 Å². The fourth-order valence-corrected chi connectivity index (χ4v) is 6.74. The average molecular weight is 640 g/mol. The number of aromatic nitrogens is 7. The van der Waals surface area contributed by atoms with Crippen LogP contribution in [0.5, 0.6) is 0 Å². The zero-order valence-electron chi connectivity index (χ0n) is 26.6. The Morgan fingerprint density at radius 2 is 0.660 bits per heavy atom. The van der Waals surface area contributed by atoms with E-state index in [9.17, 15) is 0 Å². The van der Waals surface area contributed by atoms with Crippen molar-refractivity contribution in [2.45, 2.75) is 0 Å². The highest BCUT2D eigenvalue weighted by molar-refractivity contribution is 6.01. The number of rotatable bonds is 4. The Bertz CT molecular complexity index is 2800. The Morgan fingerprint density at radius 3 is 1.20 bits per heavy atom. The molecule has 0 amide bonds. The molecule has 0 radical (unpaired) electrons. The van der Waals surface area contributed by atoms with Crippen LogP contribution in [0.1, 0.15) is 0 Å². The molecule has 2 heterocycles. The zero-order chi connectivity index (χ0) is 33.0. The van der Waals surface area contributed by atoms with Gasteiger partial charge in [-0.3, -0.25) is 0 Å². The van der Waals surface area contributed by atoms with Gasteiger partial charge in [0.1, 0.15) is 11.0 Å². The van der Waals surface area contributed by atoms with Gasteiger partial charge in [0.2, 0.25) is 0 Å². The lowest BCUT2D eigenvalue weighted by Gasteiger charge is -2.11. The summed E-state index contributed by atoms with van der Waals surface area (Å²) in [7, 11) is 0. The van der Waals surface area contributed by atoms with Crippen molar-refractivity contribution >= 4 is 54.1 Å². The highest BCUT2D eigenvalue weighted by Gasteiger charge is 2.14. The molecule has 10 rings (SSSR count). The summed E-state index contributed by atoms with van der Waals surface area (Å²) in [5, 5.41) is 25.0.